The number of aliphatic carboxylic acids is 1. The average Bonchev–Trinajstić information content (AvgIpc) is 2.75. The summed E-state index contributed by atoms with van der Waals surface area (Å²) in [7, 11) is 0. The number of aromatic nitrogens is 1. The van der Waals surface area contributed by atoms with Crippen LogP contribution in [0.2, 0.25) is 0 Å². The molecule has 21 heavy (non-hydrogen) atoms. The molecule has 6 heteroatoms. The van der Waals surface area contributed by atoms with E-state index >= 15 is 0 Å². The van der Waals surface area contributed by atoms with Gasteiger partial charge in [-0.1, -0.05) is 0 Å². The first kappa shape index (κ1) is 14.6. The quantitative estimate of drug-likeness (QED) is 0.881. The number of hydrogen-bond donors (Lipinski definition) is 2. The largest absolute Gasteiger partial charge is 0.481 e. The number of rotatable bonds is 5. The topological polar surface area (TPSA) is 88.8 Å². The van der Waals surface area contributed by atoms with Crippen LogP contribution in [0.5, 0.6) is 5.75 Å². The van der Waals surface area contributed by atoms with Gasteiger partial charge in [0.2, 0.25) is 0 Å². The number of carbonyl (C=O) groups is 2. The second-order valence-corrected chi connectivity index (χ2v) is 4.62. The Morgan fingerprint density at radius 1 is 1.10 bits per heavy atom. The van der Waals surface area contributed by atoms with Crippen LogP contribution in [0.3, 0.4) is 0 Å². The van der Waals surface area contributed by atoms with E-state index in [0.29, 0.717) is 5.69 Å². The first-order valence-corrected chi connectivity index (χ1v) is 6.27. The number of carboxylic acids is 2. The summed E-state index contributed by atoms with van der Waals surface area (Å²) in [6.07, 6.45) is 0. The van der Waals surface area contributed by atoms with Gasteiger partial charge in [0.15, 0.2) is 6.61 Å². The lowest BCUT2D eigenvalue weighted by molar-refractivity contribution is -0.139. The van der Waals surface area contributed by atoms with Gasteiger partial charge in [-0.25, -0.2) is 9.59 Å². The second kappa shape index (κ2) is 5.70. The van der Waals surface area contributed by atoms with Gasteiger partial charge in [-0.15, -0.1) is 0 Å². The molecule has 1 heterocycles. The van der Waals surface area contributed by atoms with Crippen LogP contribution in [0, 0.1) is 13.8 Å². The van der Waals surface area contributed by atoms with Crippen LogP contribution in [0.15, 0.2) is 30.3 Å². The Labute approximate surface area is 121 Å². The van der Waals surface area contributed by atoms with Gasteiger partial charge in [0.1, 0.15) is 11.3 Å². The maximum Gasteiger partial charge on any atom is 0.341 e. The van der Waals surface area contributed by atoms with Crippen LogP contribution in [0.1, 0.15) is 21.7 Å². The Balaban J connectivity index is 2.45. The molecule has 0 fully saturated rings. The minimum Gasteiger partial charge on any atom is -0.481 e. The third kappa shape index (κ3) is 3.05. The number of aromatic carboxylic acids is 1. The van der Waals surface area contributed by atoms with E-state index in [1.165, 1.54) is 12.1 Å². The van der Waals surface area contributed by atoms with E-state index in [2.05, 4.69) is 0 Å². The molecule has 0 saturated carbocycles. The Bertz CT molecular complexity index is 683. The molecule has 0 amide bonds. The predicted octanol–water partition coefficient (Wildman–Crippen LogP) is 2.26. The molecule has 0 atom stereocenters. The van der Waals surface area contributed by atoms with Crippen LogP contribution >= 0.6 is 0 Å². The van der Waals surface area contributed by atoms with Gasteiger partial charge in [-0.05, 0) is 44.2 Å². The van der Waals surface area contributed by atoms with Gasteiger partial charge in [-0.3, -0.25) is 0 Å². The van der Waals surface area contributed by atoms with Crippen molar-refractivity contribution >= 4 is 11.9 Å². The first-order chi connectivity index (χ1) is 9.90. The molecule has 110 valence electrons. The summed E-state index contributed by atoms with van der Waals surface area (Å²) in [6, 6.07) is 8.51. The first-order valence-electron chi connectivity index (χ1n) is 6.27. The molecule has 2 rings (SSSR count). The van der Waals surface area contributed by atoms with Crippen LogP contribution in [-0.4, -0.2) is 33.3 Å². The van der Waals surface area contributed by atoms with Crippen molar-refractivity contribution in [2.75, 3.05) is 6.61 Å². The summed E-state index contributed by atoms with van der Waals surface area (Å²) in [5.41, 5.74) is 2.57. The third-order valence-electron chi connectivity index (χ3n) is 3.07. The van der Waals surface area contributed by atoms with E-state index < -0.39 is 18.5 Å². The third-order valence-corrected chi connectivity index (χ3v) is 3.07. The summed E-state index contributed by atoms with van der Waals surface area (Å²) in [6.45, 7) is 3.26. The van der Waals surface area contributed by atoms with Crippen LogP contribution < -0.4 is 4.74 Å². The zero-order chi connectivity index (χ0) is 15.6. The van der Waals surface area contributed by atoms with Crippen molar-refractivity contribution in [3.63, 3.8) is 0 Å². The molecule has 2 N–H and O–H groups in total. The highest BCUT2D eigenvalue weighted by molar-refractivity contribution is 5.91. The van der Waals surface area contributed by atoms with E-state index in [1.807, 2.05) is 30.5 Å². The fourth-order valence-corrected chi connectivity index (χ4v) is 2.17. The minimum absolute atomic E-state index is 0.0381. The fraction of sp³-hybridized carbons (Fsp3) is 0.200. The maximum atomic E-state index is 11.3. The highest BCUT2D eigenvalue weighted by Gasteiger charge is 2.15. The van der Waals surface area contributed by atoms with Crippen molar-refractivity contribution in [3.05, 3.63) is 47.3 Å². The molecule has 0 radical (unpaired) electrons. The summed E-state index contributed by atoms with van der Waals surface area (Å²) in [4.78, 5) is 21.8. The zero-order valence-electron chi connectivity index (χ0n) is 11.7. The molecular weight excluding hydrogens is 274 g/mol. The van der Waals surface area contributed by atoms with Crippen molar-refractivity contribution in [2.45, 2.75) is 13.8 Å². The van der Waals surface area contributed by atoms with Gasteiger partial charge in [0.25, 0.3) is 0 Å². The lowest BCUT2D eigenvalue weighted by atomic mass is 10.1. The standard InChI is InChI=1S/C15H15NO5/c1-9-3-4-10(2)16(9)11-5-6-13(21-8-14(17)18)12(7-11)15(19)20/h3-7H,8H2,1-2H3,(H,17,18)(H,19,20). The Morgan fingerprint density at radius 2 is 1.71 bits per heavy atom. The number of hydrogen-bond acceptors (Lipinski definition) is 3. The molecule has 2 aromatic rings. The summed E-state index contributed by atoms with van der Waals surface area (Å²) < 4.78 is 6.91. The molecule has 0 saturated heterocycles. The zero-order valence-corrected chi connectivity index (χ0v) is 11.7. The second-order valence-electron chi connectivity index (χ2n) is 4.62. The minimum atomic E-state index is -1.17. The van der Waals surface area contributed by atoms with E-state index in [1.54, 1.807) is 6.07 Å². The lowest BCUT2D eigenvalue weighted by Crippen LogP contribution is -2.12. The number of carboxylic acid groups (broad SMARTS) is 2. The summed E-state index contributed by atoms with van der Waals surface area (Å²) in [5, 5.41) is 17.9. The molecule has 0 aliphatic rings. The van der Waals surface area contributed by atoms with Crippen molar-refractivity contribution < 1.29 is 24.5 Å². The van der Waals surface area contributed by atoms with E-state index in [9.17, 15) is 14.7 Å². The molecule has 6 nitrogen and oxygen atoms in total. The highest BCUT2D eigenvalue weighted by Crippen LogP contribution is 2.24. The van der Waals surface area contributed by atoms with Gasteiger partial charge >= 0.3 is 11.9 Å². The average molecular weight is 289 g/mol. The number of ether oxygens (including phenoxy) is 1. The molecular formula is C15H15NO5. The molecule has 0 spiro atoms. The Hall–Kier alpha value is -2.76. The SMILES string of the molecule is Cc1ccc(C)n1-c1ccc(OCC(=O)O)c(C(=O)O)c1. The normalized spacial score (nSPS) is 10.4. The molecule has 0 unspecified atom stereocenters. The molecule has 1 aromatic heterocycles. The Kier molecular flexibility index (Phi) is 3.98. The van der Waals surface area contributed by atoms with Crippen molar-refractivity contribution in [2.24, 2.45) is 0 Å². The summed E-state index contributed by atoms with van der Waals surface area (Å²) >= 11 is 0. The summed E-state index contributed by atoms with van der Waals surface area (Å²) in [5.74, 6) is -2.29. The molecule has 0 aliphatic carbocycles. The number of benzene rings is 1. The van der Waals surface area contributed by atoms with E-state index in [0.717, 1.165) is 11.4 Å². The maximum absolute atomic E-state index is 11.3. The van der Waals surface area contributed by atoms with Crippen molar-refractivity contribution in [1.82, 2.24) is 4.57 Å². The number of aryl methyl sites for hydroxylation is 2. The van der Waals surface area contributed by atoms with Crippen molar-refractivity contribution in [3.8, 4) is 11.4 Å². The van der Waals surface area contributed by atoms with Gasteiger partial charge in [-0.2, -0.15) is 0 Å². The Morgan fingerprint density at radius 3 is 2.24 bits per heavy atom. The van der Waals surface area contributed by atoms with Gasteiger partial charge in [0, 0.05) is 17.1 Å². The van der Waals surface area contributed by atoms with E-state index in [4.69, 9.17) is 9.84 Å². The van der Waals surface area contributed by atoms with Crippen LogP contribution in [-0.2, 0) is 4.79 Å². The monoisotopic (exact) mass is 289 g/mol. The number of nitrogens with zero attached hydrogens (tertiary/aromatic N) is 1. The van der Waals surface area contributed by atoms with Gasteiger partial charge < -0.3 is 19.5 Å². The molecule has 1 aromatic carbocycles. The predicted molar refractivity (Wildman–Crippen MR) is 75.3 cm³/mol. The highest BCUT2D eigenvalue weighted by atomic mass is 16.5. The fourth-order valence-electron chi connectivity index (χ4n) is 2.17. The van der Waals surface area contributed by atoms with Crippen molar-refractivity contribution in [1.29, 1.82) is 0 Å². The van der Waals surface area contributed by atoms with Crippen LogP contribution in [0.4, 0.5) is 0 Å². The van der Waals surface area contributed by atoms with E-state index in [-0.39, 0.29) is 11.3 Å². The molecule has 0 aliphatic heterocycles. The lowest BCUT2D eigenvalue weighted by Gasteiger charge is -2.13. The van der Waals surface area contributed by atoms with Crippen LogP contribution in [0.25, 0.3) is 5.69 Å². The smallest absolute Gasteiger partial charge is 0.341 e. The molecule has 0 bridgehead atoms. The van der Waals surface area contributed by atoms with Gasteiger partial charge in [0.05, 0.1) is 0 Å².